The Morgan fingerprint density at radius 2 is 1.86 bits per heavy atom. The lowest BCUT2D eigenvalue weighted by Crippen LogP contribution is -2.27. The van der Waals surface area contributed by atoms with Gasteiger partial charge in [-0.1, -0.05) is 31.2 Å². The molecule has 1 N–H and O–H groups in total. The van der Waals surface area contributed by atoms with Gasteiger partial charge in [0.15, 0.2) is 0 Å². The van der Waals surface area contributed by atoms with E-state index in [1.54, 1.807) is 11.3 Å². The van der Waals surface area contributed by atoms with Crippen LogP contribution in [0.3, 0.4) is 0 Å². The average Bonchev–Trinajstić information content (AvgIpc) is 2.85. The van der Waals surface area contributed by atoms with Gasteiger partial charge >= 0.3 is 0 Å². The SMILES string of the molecule is Cc1ccc(C(C)NC(=O)CC(C)c2ccccc2C)s1. The third kappa shape index (κ3) is 4.18. The molecule has 1 aromatic carbocycles. The summed E-state index contributed by atoms with van der Waals surface area (Å²) in [7, 11) is 0. The molecular weight excluding hydrogens is 278 g/mol. The molecule has 2 nitrogen and oxygen atoms in total. The van der Waals surface area contributed by atoms with Crippen molar-refractivity contribution in [1.82, 2.24) is 5.32 Å². The third-order valence-electron chi connectivity index (χ3n) is 3.78. The van der Waals surface area contributed by atoms with Crippen molar-refractivity contribution in [3.8, 4) is 0 Å². The Morgan fingerprint density at radius 3 is 2.48 bits per heavy atom. The summed E-state index contributed by atoms with van der Waals surface area (Å²) in [5, 5.41) is 3.10. The highest BCUT2D eigenvalue weighted by atomic mass is 32.1. The molecular formula is C18H23NOS. The van der Waals surface area contributed by atoms with Crippen LogP contribution in [0.15, 0.2) is 36.4 Å². The molecule has 3 heteroatoms. The molecule has 0 radical (unpaired) electrons. The fraction of sp³-hybridized carbons (Fsp3) is 0.389. The van der Waals surface area contributed by atoms with Crippen LogP contribution < -0.4 is 5.32 Å². The van der Waals surface area contributed by atoms with E-state index in [9.17, 15) is 4.79 Å². The van der Waals surface area contributed by atoms with Crippen molar-refractivity contribution in [2.24, 2.45) is 0 Å². The van der Waals surface area contributed by atoms with Crippen molar-refractivity contribution in [1.29, 1.82) is 0 Å². The summed E-state index contributed by atoms with van der Waals surface area (Å²) in [6, 6.07) is 12.6. The fourth-order valence-corrected chi connectivity index (χ4v) is 3.47. The second-order valence-electron chi connectivity index (χ2n) is 5.70. The van der Waals surface area contributed by atoms with Crippen molar-refractivity contribution in [2.75, 3.05) is 0 Å². The van der Waals surface area contributed by atoms with Crippen LogP contribution in [0.4, 0.5) is 0 Å². The lowest BCUT2D eigenvalue weighted by Gasteiger charge is -2.17. The zero-order chi connectivity index (χ0) is 15.4. The molecule has 0 fully saturated rings. The number of carbonyl (C=O) groups is 1. The summed E-state index contributed by atoms with van der Waals surface area (Å²) >= 11 is 1.74. The number of carbonyl (C=O) groups excluding carboxylic acids is 1. The number of thiophene rings is 1. The first-order valence-corrected chi connectivity index (χ1v) is 8.20. The van der Waals surface area contributed by atoms with E-state index in [1.165, 1.54) is 20.9 Å². The van der Waals surface area contributed by atoms with E-state index in [0.29, 0.717) is 6.42 Å². The van der Waals surface area contributed by atoms with E-state index in [1.807, 2.05) is 19.1 Å². The van der Waals surface area contributed by atoms with Gasteiger partial charge in [-0.05, 0) is 49.9 Å². The van der Waals surface area contributed by atoms with Crippen LogP contribution in [0.25, 0.3) is 0 Å². The van der Waals surface area contributed by atoms with Crippen LogP contribution >= 0.6 is 11.3 Å². The Hall–Kier alpha value is -1.61. The Morgan fingerprint density at radius 1 is 1.14 bits per heavy atom. The maximum atomic E-state index is 12.2. The van der Waals surface area contributed by atoms with Gasteiger partial charge < -0.3 is 5.32 Å². The predicted molar refractivity (Wildman–Crippen MR) is 89.8 cm³/mol. The van der Waals surface area contributed by atoms with Crippen LogP contribution in [-0.2, 0) is 4.79 Å². The number of aryl methyl sites for hydroxylation is 2. The second-order valence-corrected chi connectivity index (χ2v) is 7.02. The van der Waals surface area contributed by atoms with Crippen LogP contribution in [0.2, 0.25) is 0 Å². The normalized spacial score (nSPS) is 13.7. The molecule has 0 aliphatic heterocycles. The van der Waals surface area contributed by atoms with Gasteiger partial charge in [-0.25, -0.2) is 0 Å². The Bertz CT molecular complexity index is 617. The first-order chi connectivity index (χ1) is 9.97. The van der Waals surface area contributed by atoms with Crippen molar-refractivity contribution < 1.29 is 4.79 Å². The molecule has 2 unspecified atom stereocenters. The van der Waals surface area contributed by atoms with E-state index in [2.05, 4.69) is 50.4 Å². The van der Waals surface area contributed by atoms with Gasteiger partial charge in [-0.3, -0.25) is 4.79 Å². The molecule has 1 heterocycles. The number of rotatable bonds is 5. The monoisotopic (exact) mass is 301 g/mol. The lowest BCUT2D eigenvalue weighted by molar-refractivity contribution is -0.122. The maximum Gasteiger partial charge on any atom is 0.221 e. The van der Waals surface area contributed by atoms with Crippen LogP contribution in [-0.4, -0.2) is 5.91 Å². The zero-order valence-electron chi connectivity index (χ0n) is 13.1. The van der Waals surface area contributed by atoms with Gasteiger partial charge in [0.1, 0.15) is 0 Å². The highest BCUT2D eigenvalue weighted by molar-refractivity contribution is 7.12. The third-order valence-corrected chi connectivity index (χ3v) is 4.96. The highest BCUT2D eigenvalue weighted by Gasteiger charge is 2.16. The summed E-state index contributed by atoms with van der Waals surface area (Å²) < 4.78 is 0. The molecule has 0 saturated heterocycles. The van der Waals surface area contributed by atoms with Crippen molar-refractivity contribution in [3.05, 3.63) is 57.3 Å². The molecule has 2 atom stereocenters. The Balaban J connectivity index is 1.94. The Kier molecular flexibility index (Phi) is 5.18. The number of nitrogens with one attached hydrogen (secondary N) is 1. The molecule has 2 rings (SSSR count). The second kappa shape index (κ2) is 6.90. The number of hydrogen-bond acceptors (Lipinski definition) is 2. The minimum absolute atomic E-state index is 0.0836. The topological polar surface area (TPSA) is 29.1 Å². The molecule has 0 spiro atoms. The van der Waals surface area contributed by atoms with E-state index in [4.69, 9.17) is 0 Å². The van der Waals surface area contributed by atoms with E-state index >= 15 is 0 Å². The first kappa shape index (κ1) is 15.8. The summed E-state index contributed by atoms with van der Waals surface area (Å²) in [6.07, 6.45) is 0.527. The molecule has 112 valence electrons. The van der Waals surface area contributed by atoms with Crippen LogP contribution in [0, 0.1) is 13.8 Å². The van der Waals surface area contributed by atoms with Crippen LogP contribution in [0.1, 0.15) is 53.1 Å². The molecule has 0 aliphatic rings. The van der Waals surface area contributed by atoms with Gasteiger partial charge in [-0.15, -0.1) is 11.3 Å². The minimum Gasteiger partial charge on any atom is -0.349 e. The van der Waals surface area contributed by atoms with Gasteiger partial charge in [0.2, 0.25) is 5.91 Å². The largest absolute Gasteiger partial charge is 0.349 e. The summed E-state index contributed by atoms with van der Waals surface area (Å²) in [5.41, 5.74) is 2.51. The van der Waals surface area contributed by atoms with Gasteiger partial charge in [-0.2, -0.15) is 0 Å². The van der Waals surface area contributed by atoms with Crippen molar-refractivity contribution in [3.63, 3.8) is 0 Å². The number of amides is 1. The quantitative estimate of drug-likeness (QED) is 0.849. The van der Waals surface area contributed by atoms with Crippen LogP contribution in [0.5, 0.6) is 0 Å². The van der Waals surface area contributed by atoms with Gasteiger partial charge in [0, 0.05) is 16.2 Å². The van der Waals surface area contributed by atoms with Gasteiger partial charge in [0.05, 0.1) is 6.04 Å². The number of hydrogen-bond donors (Lipinski definition) is 1. The summed E-state index contributed by atoms with van der Waals surface area (Å²) in [5.74, 6) is 0.354. The van der Waals surface area contributed by atoms with Crippen molar-refractivity contribution in [2.45, 2.75) is 46.1 Å². The minimum atomic E-state index is 0.0836. The molecule has 2 aromatic rings. The van der Waals surface area contributed by atoms with E-state index < -0.39 is 0 Å². The van der Waals surface area contributed by atoms with E-state index in [0.717, 1.165) is 0 Å². The fourth-order valence-electron chi connectivity index (χ4n) is 2.59. The summed E-state index contributed by atoms with van der Waals surface area (Å²) in [4.78, 5) is 14.7. The number of benzene rings is 1. The molecule has 1 aromatic heterocycles. The first-order valence-electron chi connectivity index (χ1n) is 7.38. The zero-order valence-corrected chi connectivity index (χ0v) is 14.0. The molecule has 0 aliphatic carbocycles. The Labute approximate surface area is 131 Å². The molecule has 1 amide bonds. The van der Waals surface area contributed by atoms with E-state index in [-0.39, 0.29) is 17.9 Å². The highest BCUT2D eigenvalue weighted by Crippen LogP contribution is 2.25. The average molecular weight is 301 g/mol. The molecule has 0 bridgehead atoms. The molecule has 21 heavy (non-hydrogen) atoms. The van der Waals surface area contributed by atoms with Gasteiger partial charge in [0.25, 0.3) is 0 Å². The summed E-state index contributed by atoms with van der Waals surface area (Å²) in [6.45, 7) is 8.34. The maximum absolute atomic E-state index is 12.2. The smallest absolute Gasteiger partial charge is 0.221 e. The standard InChI is InChI=1S/C18H23NOS/c1-12-7-5-6-8-16(12)13(2)11-18(20)19-15(4)17-10-9-14(3)21-17/h5-10,13,15H,11H2,1-4H3,(H,19,20). The predicted octanol–water partition coefficient (Wildman–Crippen LogP) is 4.74. The lowest BCUT2D eigenvalue weighted by atomic mass is 9.93. The molecule has 0 saturated carbocycles. The van der Waals surface area contributed by atoms with Crippen molar-refractivity contribution >= 4 is 17.2 Å².